The van der Waals surface area contributed by atoms with Crippen LogP contribution < -0.4 is 20.4 Å². The SMILES string of the molecule is O=C1CCN(c2ccccc2CN2CCN(c3ccc(-c4cc(F)c5c(c4)C(=O)N(C(C(=O)Nc4nccs4)c4ncn6c4CCC6)C5)cc3)CC2)C(=O)N1. The van der Waals surface area contributed by atoms with Gasteiger partial charge in [-0.25, -0.2) is 19.2 Å². The summed E-state index contributed by atoms with van der Waals surface area (Å²) < 4.78 is 17.9. The van der Waals surface area contributed by atoms with E-state index in [1.54, 1.807) is 28.9 Å². The van der Waals surface area contributed by atoms with E-state index in [2.05, 4.69) is 30.4 Å². The highest BCUT2D eigenvalue weighted by atomic mass is 32.1. The molecule has 5 aromatic rings. The standard InChI is InChI=1S/C40H38FN9O4S/c41-31-21-27(20-29-30(31)23-50(38(29)53)36(37(52)45-39-42-12-19-55-39)35-33-6-3-13-48(33)24-43-35)25-7-9-28(10-8-25)47-17-15-46(16-18-47)22-26-4-1-2-5-32(26)49-14-11-34(51)44-40(49)54/h1-2,4-5,7-10,12,19-21,24,36H,3,6,11,13-18,22-23H2,(H,42,45,52)(H,44,51,54). The number of imide groups is 1. The maximum absolute atomic E-state index is 15.9. The number of aryl methyl sites for hydroxylation is 1. The third kappa shape index (κ3) is 6.63. The van der Waals surface area contributed by atoms with Crippen LogP contribution in [0.25, 0.3) is 11.1 Å². The molecule has 0 bridgehead atoms. The van der Waals surface area contributed by atoms with Gasteiger partial charge in [0.2, 0.25) is 5.91 Å². The summed E-state index contributed by atoms with van der Waals surface area (Å²) in [6.07, 6.45) is 5.25. The van der Waals surface area contributed by atoms with E-state index >= 15 is 4.39 Å². The molecule has 280 valence electrons. The van der Waals surface area contributed by atoms with Gasteiger partial charge < -0.3 is 14.4 Å². The summed E-state index contributed by atoms with van der Waals surface area (Å²) >= 11 is 1.28. The zero-order chi connectivity index (χ0) is 37.6. The molecule has 2 saturated heterocycles. The smallest absolute Gasteiger partial charge is 0.328 e. The van der Waals surface area contributed by atoms with Gasteiger partial charge in [-0.3, -0.25) is 34.8 Å². The van der Waals surface area contributed by atoms with Gasteiger partial charge in [0.05, 0.1) is 18.6 Å². The van der Waals surface area contributed by atoms with Crippen molar-refractivity contribution >= 4 is 51.6 Å². The number of amides is 5. The molecule has 1 atom stereocenters. The molecule has 2 fully saturated rings. The summed E-state index contributed by atoms with van der Waals surface area (Å²) in [6.45, 7) is 5.03. The first-order valence-corrected chi connectivity index (χ1v) is 19.3. The first-order valence-electron chi connectivity index (χ1n) is 18.5. The molecule has 6 heterocycles. The molecule has 0 aliphatic carbocycles. The highest BCUT2D eigenvalue weighted by molar-refractivity contribution is 7.13. The minimum Gasteiger partial charge on any atom is -0.369 e. The van der Waals surface area contributed by atoms with Gasteiger partial charge in [-0.2, -0.15) is 0 Å². The molecular formula is C40H38FN9O4S. The van der Waals surface area contributed by atoms with Crippen molar-refractivity contribution in [2.24, 2.45) is 0 Å². The molecule has 4 aliphatic rings. The minimum absolute atomic E-state index is 0.0480. The summed E-state index contributed by atoms with van der Waals surface area (Å²) in [7, 11) is 0. The van der Waals surface area contributed by atoms with Gasteiger partial charge in [-0.05, 0) is 59.9 Å². The van der Waals surface area contributed by atoms with Crippen molar-refractivity contribution < 1.29 is 23.6 Å². The first kappa shape index (κ1) is 34.8. The number of anilines is 3. The number of halogens is 1. The summed E-state index contributed by atoms with van der Waals surface area (Å²) in [5.74, 6) is -1.59. The summed E-state index contributed by atoms with van der Waals surface area (Å²) in [5, 5.41) is 7.43. The Hall–Kier alpha value is -5.93. The van der Waals surface area contributed by atoms with Gasteiger partial charge in [-0.1, -0.05) is 30.3 Å². The van der Waals surface area contributed by atoms with E-state index in [9.17, 15) is 19.2 Å². The van der Waals surface area contributed by atoms with E-state index in [0.29, 0.717) is 29.5 Å². The van der Waals surface area contributed by atoms with Gasteiger partial charge in [0.15, 0.2) is 11.2 Å². The average Bonchev–Trinajstić information content (AvgIpc) is 4.01. The number of hydrogen-bond acceptors (Lipinski definition) is 9. The topological polar surface area (TPSA) is 136 Å². The Balaban J connectivity index is 0.884. The van der Waals surface area contributed by atoms with Crippen LogP contribution in [0.5, 0.6) is 0 Å². The fourth-order valence-electron chi connectivity index (χ4n) is 8.14. The molecule has 2 N–H and O–H groups in total. The van der Waals surface area contributed by atoms with Crippen molar-refractivity contribution in [3.05, 3.63) is 112 Å². The highest BCUT2D eigenvalue weighted by Gasteiger charge is 2.42. The van der Waals surface area contributed by atoms with Crippen molar-refractivity contribution in [2.75, 3.05) is 47.8 Å². The lowest BCUT2D eigenvalue weighted by atomic mass is 9.99. The van der Waals surface area contributed by atoms with Crippen molar-refractivity contribution in [1.82, 2.24) is 29.7 Å². The maximum atomic E-state index is 15.9. The molecule has 0 spiro atoms. The monoisotopic (exact) mass is 759 g/mol. The molecule has 13 nitrogen and oxygen atoms in total. The van der Waals surface area contributed by atoms with E-state index in [1.165, 1.54) is 22.3 Å². The van der Waals surface area contributed by atoms with Crippen LogP contribution in [-0.2, 0) is 35.6 Å². The van der Waals surface area contributed by atoms with Crippen LogP contribution in [0.15, 0.2) is 78.6 Å². The molecule has 15 heteroatoms. The van der Waals surface area contributed by atoms with Crippen LogP contribution in [0.2, 0.25) is 0 Å². The predicted octanol–water partition coefficient (Wildman–Crippen LogP) is 5.20. The number of rotatable bonds is 9. The quantitative estimate of drug-likeness (QED) is 0.210. The zero-order valence-electron chi connectivity index (χ0n) is 29.9. The Bertz CT molecular complexity index is 2300. The Morgan fingerprint density at radius 3 is 2.53 bits per heavy atom. The number of aromatic nitrogens is 3. The fourth-order valence-corrected chi connectivity index (χ4v) is 8.67. The molecule has 0 saturated carbocycles. The van der Waals surface area contributed by atoms with Crippen molar-refractivity contribution in [3.8, 4) is 11.1 Å². The molecule has 3 aromatic carbocycles. The molecule has 1 unspecified atom stereocenters. The van der Waals surface area contributed by atoms with Crippen LogP contribution >= 0.6 is 11.3 Å². The molecule has 2 aromatic heterocycles. The Labute approximate surface area is 320 Å². The Morgan fingerprint density at radius 2 is 1.75 bits per heavy atom. The molecule has 9 rings (SSSR count). The number of nitrogens with zero attached hydrogens (tertiary/aromatic N) is 7. The van der Waals surface area contributed by atoms with Crippen LogP contribution in [-0.4, -0.2) is 80.8 Å². The number of piperazine rings is 1. The number of imidazole rings is 1. The van der Waals surface area contributed by atoms with Crippen LogP contribution in [0.3, 0.4) is 0 Å². The minimum atomic E-state index is -1.04. The van der Waals surface area contributed by atoms with E-state index in [-0.39, 0.29) is 36.0 Å². The van der Waals surface area contributed by atoms with Gasteiger partial charge in [-0.15, -0.1) is 11.3 Å². The third-order valence-corrected chi connectivity index (χ3v) is 11.6. The number of nitrogens with one attached hydrogen (secondary N) is 2. The average molecular weight is 760 g/mol. The van der Waals surface area contributed by atoms with Crippen LogP contribution in [0.1, 0.15) is 51.8 Å². The number of hydrogen-bond donors (Lipinski definition) is 2. The third-order valence-electron chi connectivity index (χ3n) is 11.0. The van der Waals surface area contributed by atoms with Gasteiger partial charge in [0, 0.05) is 92.0 Å². The lowest BCUT2D eigenvalue weighted by Gasteiger charge is -2.37. The number of urea groups is 1. The summed E-state index contributed by atoms with van der Waals surface area (Å²) in [5.41, 5.74) is 6.20. The lowest BCUT2D eigenvalue weighted by molar-refractivity contribution is -0.121. The van der Waals surface area contributed by atoms with E-state index in [4.69, 9.17) is 0 Å². The maximum Gasteiger partial charge on any atom is 0.328 e. The zero-order valence-corrected chi connectivity index (χ0v) is 30.7. The largest absolute Gasteiger partial charge is 0.369 e. The van der Waals surface area contributed by atoms with Gasteiger partial charge in [0.1, 0.15) is 5.82 Å². The van der Waals surface area contributed by atoms with E-state index in [1.807, 2.05) is 53.1 Å². The van der Waals surface area contributed by atoms with Crippen molar-refractivity contribution in [2.45, 2.75) is 44.9 Å². The number of benzene rings is 3. The predicted molar refractivity (Wildman–Crippen MR) is 205 cm³/mol. The molecule has 0 radical (unpaired) electrons. The second kappa shape index (κ2) is 14.4. The number of para-hydroxylation sites is 1. The summed E-state index contributed by atoms with van der Waals surface area (Å²) in [4.78, 5) is 68.6. The van der Waals surface area contributed by atoms with Crippen molar-refractivity contribution in [3.63, 3.8) is 0 Å². The van der Waals surface area contributed by atoms with Crippen LogP contribution in [0, 0.1) is 5.82 Å². The molecule has 5 amide bonds. The lowest BCUT2D eigenvalue weighted by Crippen LogP contribution is -2.50. The van der Waals surface area contributed by atoms with Gasteiger partial charge in [0.25, 0.3) is 11.8 Å². The van der Waals surface area contributed by atoms with Gasteiger partial charge >= 0.3 is 6.03 Å². The molecular weight excluding hydrogens is 722 g/mol. The molecule has 55 heavy (non-hydrogen) atoms. The second-order valence-corrected chi connectivity index (χ2v) is 15.1. The van der Waals surface area contributed by atoms with E-state index in [0.717, 1.165) is 73.8 Å². The number of fused-ring (bicyclic) bond motifs is 2. The number of carbonyl (C=O) groups excluding carboxylic acids is 4. The highest BCUT2D eigenvalue weighted by Crippen LogP contribution is 2.38. The number of carbonyl (C=O) groups is 4. The van der Waals surface area contributed by atoms with Crippen LogP contribution in [0.4, 0.5) is 25.7 Å². The second-order valence-electron chi connectivity index (χ2n) is 14.2. The van der Waals surface area contributed by atoms with Crippen molar-refractivity contribution in [1.29, 1.82) is 0 Å². The fraction of sp³-hybridized carbons (Fsp3) is 0.300. The summed E-state index contributed by atoms with van der Waals surface area (Å²) in [6, 6.07) is 17.5. The Kier molecular flexibility index (Phi) is 9.10. The van der Waals surface area contributed by atoms with E-state index < -0.39 is 23.7 Å². The number of thiazole rings is 1. The normalized spacial score (nSPS) is 17.7. The first-order chi connectivity index (χ1) is 26.8. The Morgan fingerprint density at radius 1 is 0.927 bits per heavy atom. The molecule has 4 aliphatic heterocycles.